The summed E-state index contributed by atoms with van der Waals surface area (Å²) in [4.78, 5) is 27.7. The van der Waals surface area contributed by atoms with Gasteiger partial charge in [0, 0.05) is 47.8 Å². The Morgan fingerprint density at radius 1 is 1.08 bits per heavy atom. The second-order valence-electron chi connectivity index (χ2n) is 5.94. The highest BCUT2D eigenvalue weighted by molar-refractivity contribution is 9.10. The van der Waals surface area contributed by atoms with Gasteiger partial charge in [-0.3, -0.25) is 19.7 Å². The van der Waals surface area contributed by atoms with Gasteiger partial charge < -0.3 is 5.32 Å². The largest absolute Gasteiger partial charge is 0.356 e. The van der Waals surface area contributed by atoms with Gasteiger partial charge in [0.25, 0.3) is 5.56 Å². The van der Waals surface area contributed by atoms with Crippen molar-refractivity contribution in [2.45, 2.75) is 25.7 Å². The van der Waals surface area contributed by atoms with E-state index in [4.69, 9.17) is 0 Å². The number of unbranched alkanes of at least 4 members (excludes halogenated alkanes) is 1. The zero-order valence-corrected chi connectivity index (χ0v) is 15.9. The lowest BCUT2D eigenvalue weighted by atomic mass is 10.1. The molecule has 3 heterocycles. The van der Waals surface area contributed by atoms with Crippen LogP contribution in [0.15, 0.2) is 58.3 Å². The van der Waals surface area contributed by atoms with Crippen LogP contribution in [0.4, 0.5) is 5.95 Å². The van der Waals surface area contributed by atoms with Gasteiger partial charge in [-0.2, -0.15) is 0 Å². The van der Waals surface area contributed by atoms with Crippen LogP contribution in [0.3, 0.4) is 0 Å². The molecular formula is C19H20BrN5O. The first-order valence-corrected chi connectivity index (χ1v) is 9.32. The third-order valence-corrected chi connectivity index (χ3v) is 4.68. The molecule has 0 saturated carbocycles. The number of pyridine rings is 2. The lowest BCUT2D eigenvalue weighted by molar-refractivity contribution is 0.742. The Bertz CT molecular complexity index is 898. The molecule has 2 N–H and O–H groups in total. The van der Waals surface area contributed by atoms with E-state index in [1.54, 1.807) is 24.8 Å². The van der Waals surface area contributed by atoms with Crippen LogP contribution >= 0.6 is 15.9 Å². The summed E-state index contributed by atoms with van der Waals surface area (Å²) in [6.07, 6.45) is 10.3. The zero-order chi connectivity index (χ0) is 18.2. The first-order valence-electron chi connectivity index (χ1n) is 8.53. The molecule has 0 spiro atoms. The predicted molar refractivity (Wildman–Crippen MR) is 105 cm³/mol. The summed E-state index contributed by atoms with van der Waals surface area (Å²) >= 11 is 3.51. The van der Waals surface area contributed by atoms with Crippen LogP contribution in [0.5, 0.6) is 0 Å². The van der Waals surface area contributed by atoms with Crippen molar-refractivity contribution in [1.29, 1.82) is 0 Å². The van der Waals surface area contributed by atoms with E-state index in [-0.39, 0.29) is 5.56 Å². The van der Waals surface area contributed by atoms with Crippen LogP contribution in [-0.2, 0) is 12.8 Å². The highest BCUT2D eigenvalue weighted by Crippen LogP contribution is 2.15. The predicted octanol–water partition coefficient (Wildman–Crippen LogP) is 3.35. The standard InChI is InChI=1S/C19H20BrN5O/c20-16-6-4-10-22-17(16)7-1-2-9-23-19-24-13-15(18(26)25-19)11-14-5-3-8-21-12-14/h3-6,8,10,12-13H,1-2,7,9,11H2,(H2,23,24,25,26). The normalized spacial score (nSPS) is 10.7. The quantitative estimate of drug-likeness (QED) is 0.553. The number of nitrogens with one attached hydrogen (secondary N) is 2. The minimum absolute atomic E-state index is 0.122. The minimum Gasteiger partial charge on any atom is -0.356 e. The second kappa shape index (κ2) is 9.24. The van der Waals surface area contributed by atoms with Crippen molar-refractivity contribution in [2.24, 2.45) is 0 Å². The number of nitrogens with zero attached hydrogens (tertiary/aromatic N) is 3. The Labute approximate surface area is 160 Å². The fourth-order valence-corrected chi connectivity index (χ4v) is 3.04. The fraction of sp³-hybridized carbons (Fsp3) is 0.263. The van der Waals surface area contributed by atoms with Crippen LogP contribution in [-0.4, -0.2) is 26.5 Å². The fourth-order valence-electron chi connectivity index (χ4n) is 2.59. The Morgan fingerprint density at radius 2 is 1.96 bits per heavy atom. The molecule has 0 aliphatic heterocycles. The average molecular weight is 414 g/mol. The molecule has 0 radical (unpaired) electrons. The number of halogens is 1. The first-order chi connectivity index (χ1) is 12.7. The molecule has 0 saturated heterocycles. The molecule has 3 aromatic rings. The monoisotopic (exact) mass is 413 g/mol. The summed E-state index contributed by atoms with van der Waals surface area (Å²) < 4.78 is 1.04. The summed E-state index contributed by atoms with van der Waals surface area (Å²) in [5.41, 5.74) is 2.56. The maximum atomic E-state index is 12.2. The minimum atomic E-state index is -0.122. The zero-order valence-electron chi connectivity index (χ0n) is 14.3. The molecule has 0 fully saturated rings. The Morgan fingerprint density at radius 3 is 2.73 bits per heavy atom. The van der Waals surface area contributed by atoms with Crippen molar-refractivity contribution in [3.8, 4) is 0 Å². The molecule has 0 aliphatic rings. The van der Waals surface area contributed by atoms with Crippen molar-refractivity contribution in [3.63, 3.8) is 0 Å². The van der Waals surface area contributed by atoms with Gasteiger partial charge >= 0.3 is 0 Å². The van der Waals surface area contributed by atoms with Crippen LogP contribution in [0, 0.1) is 0 Å². The molecule has 3 aromatic heterocycles. The maximum Gasteiger partial charge on any atom is 0.255 e. The molecule has 0 bridgehead atoms. The molecule has 0 atom stereocenters. The van der Waals surface area contributed by atoms with E-state index in [2.05, 4.69) is 41.2 Å². The van der Waals surface area contributed by atoms with Crippen molar-refractivity contribution in [3.05, 3.63) is 80.7 Å². The maximum absolute atomic E-state index is 12.2. The van der Waals surface area contributed by atoms with E-state index >= 15 is 0 Å². The van der Waals surface area contributed by atoms with Gasteiger partial charge in [0.2, 0.25) is 5.95 Å². The molecule has 0 amide bonds. The third-order valence-electron chi connectivity index (χ3n) is 3.96. The van der Waals surface area contributed by atoms with Crippen LogP contribution < -0.4 is 10.9 Å². The summed E-state index contributed by atoms with van der Waals surface area (Å²) in [6, 6.07) is 7.71. The van der Waals surface area contributed by atoms with E-state index in [0.717, 1.165) is 41.5 Å². The first kappa shape index (κ1) is 18.3. The van der Waals surface area contributed by atoms with Gasteiger partial charge in [0.15, 0.2) is 0 Å². The van der Waals surface area contributed by atoms with Crippen LogP contribution in [0.25, 0.3) is 0 Å². The molecule has 134 valence electrons. The molecule has 26 heavy (non-hydrogen) atoms. The Hall–Kier alpha value is -2.54. The highest BCUT2D eigenvalue weighted by atomic mass is 79.9. The summed E-state index contributed by atoms with van der Waals surface area (Å²) in [7, 11) is 0. The van der Waals surface area contributed by atoms with Gasteiger partial charge in [0.05, 0.1) is 5.69 Å². The van der Waals surface area contributed by atoms with E-state index in [1.807, 2.05) is 24.3 Å². The lowest BCUT2D eigenvalue weighted by Gasteiger charge is -2.07. The highest BCUT2D eigenvalue weighted by Gasteiger charge is 2.04. The van der Waals surface area contributed by atoms with Crippen molar-refractivity contribution in [1.82, 2.24) is 19.9 Å². The summed E-state index contributed by atoms with van der Waals surface area (Å²) in [6.45, 7) is 0.745. The van der Waals surface area contributed by atoms with Gasteiger partial charge in [-0.25, -0.2) is 4.98 Å². The molecule has 0 aromatic carbocycles. The summed E-state index contributed by atoms with van der Waals surface area (Å²) in [5, 5.41) is 3.17. The molecule has 7 heteroatoms. The van der Waals surface area contributed by atoms with Gasteiger partial charge in [-0.05, 0) is 59.0 Å². The number of aromatic amines is 1. The third kappa shape index (κ3) is 5.23. The van der Waals surface area contributed by atoms with Gasteiger partial charge in [0.1, 0.15) is 0 Å². The SMILES string of the molecule is O=c1[nH]c(NCCCCc2ncccc2Br)ncc1Cc1cccnc1. The van der Waals surface area contributed by atoms with E-state index < -0.39 is 0 Å². The van der Waals surface area contributed by atoms with E-state index in [0.29, 0.717) is 17.9 Å². The molecule has 0 unspecified atom stereocenters. The Kier molecular flexibility index (Phi) is 6.49. The number of H-pyrrole nitrogens is 1. The van der Waals surface area contributed by atoms with Gasteiger partial charge in [-0.1, -0.05) is 6.07 Å². The molecule has 6 nitrogen and oxygen atoms in total. The van der Waals surface area contributed by atoms with Crippen molar-refractivity contribution < 1.29 is 0 Å². The smallest absolute Gasteiger partial charge is 0.255 e. The summed E-state index contributed by atoms with van der Waals surface area (Å²) in [5.74, 6) is 0.504. The number of hydrogen-bond donors (Lipinski definition) is 2. The molecule has 3 rings (SSSR count). The van der Waals surface area contributed by atoms with E-state index in [1.165, 1.54) is 0 Å². The average Bonchev–Trinajstić information content (AvgIpc) is 2.66. The number of rotatable bonds is 8. The topological polar surface area (TPSA) is 83.6 Å². The van der Waals surface area contributed by atoms with Crippen LogP contribution in [0.2, 0.25) is 0 Å². The lowest BCUT2D eigenvalue weighted by Crippen LogP contribution is -2.17. The van der Waals surface area contributed by atoms with Gasteiger partial charge in [-0.15, -0.1) is 0 Å². The number of hydrogen-bond acceptors (Lipinski definition) is 5. The molecule has 0 aliphatic carbocycles. The van der Waals surface area contributed by atoms with E-state index in [9.17, 15) is 4.79 Å². The number of aromatic nitrogens is 4. The number of aryl methyl sites for hydroxylation is 1. The van der Waals surface area contributed by atoms with Crippen LogP contribution in [0.1, 0.15) is 29.7 Å². The Balaban J connectivity index is 1.46. The van der Waals surface area contributed by atoms with Crippen molar-refractivity contribution in [2.75, 3.05) is 11.9 Å². The molecular weight excluding hydrogens is 394 g/mol. The number of anilines is 1. The van der Waals surface area contributed by atoms with Crippen molar-refractivity contribution >= 4 is 21.9 Å². The second-order valence-corrected chi connectivity index (χ2v) is 6.79.